The van der Waals surface area contributed by atoms with E-state index in [0.717, 1.165) is 32.4 Å². The summed E-state index contributed by atoms with van der Waals surface area (Å²) >= 11 is 1.73. The molecule has 2 aromatic carbocycles. The van der Waals surface area contributed by atoms with E-state index in [0.29, 0.717) is 12.5 Å². The van der Waals surface area contributed by atoms with E-state index in [-0.39, 0.29) is 11.9 Å². The standard InChI is InChI=1S/C25H28N2OS/c28-24(27-15-13-21(14-16-27)18-20-8-3-1-4-9-20)19-26-25(23-12-7-17-29-23)22-10-5-2-6-11-22/h1-12,17,21,25-26H,13-16,18-19H2/t25-/m0/s1. The zero-order valence-electron chi connectivity index (χ0n) is 16.7. The summed E-state index contributed by atoms with van der Waals surface area (Å²) in [4.78, 5) is 16.1. The van der Waals surface area contributed by atoms with Crippen molar-refractivity contribution in [2.24, 2.45) is 5.92 Å². The lowest BCUT2D eigenvalue weighted by molar-refractivity contribution is -0.131. The van der Waals surface area contributed by atoms with Gasteiger partial charge < -0.3 is 4.90 Å². The molecule has 0 bridgehead atoms. The molecule has 0 aliphatic carbocycles. The van der Waals surface area contributed by atoms with Gasteiger partial charge in [0, 0.05) is 18.0 Å². The van der Waals surface area contributed by atoms with E-state index in [1.54, 1.807) is 11.3 Å². The molecule has 1 atom stereocenters. The second kappa shape index (κ2) is 9.86. The molecule has 1 N–H and O–H groups in total. The number of thiophene rings is 1. The Morgan fingerprint density at radius 3 is 2.31 bits per heavy atom. The van der Waals surface area contributed by atoms with Crippen molar-refractivity contribution in [1.29, 1.82) is 0 Å². The van der Waals surface area contributed by atoms with Crippen LogP contribution in [0.2, 0.25) is 0 Å². The Hall–Kier alpha value is -2.43. The largest absolute Gasteiger partial charge is 0.342 e. The topological polar surface area (TPSA) is 32.3 Å². The molecule has 1 saturated heterocycles. The highest BCUT2D eigenvalue weighted by atomic mass is 32.1. The second-order valence-corrected chi connectivity index (χ2v) is 8.73. The Morgan fingerprint density at radius 1 is 0.966 bits per heavy atom. The highest BCUT2D eigenvalue weighted by molar-refractivity contribution is 7.10. The fourth-order valence-corrected chi connectivity index (χ4v) is 4.95. The number of hydrogen-bond donors (Lipinski definition) is 1. The lowest BCUT2D eigenvalue weighted by Gasteiger charge is -2.32. The van der Waals surface area contributed by atoms with Gasteiger partial charge in [-0.1, -0.05) is 66.7 Å². The molecule has 0 unspecified atom stereocenters. The predicted octanol–water partition coefficient (Wildman–Crippen LogP) is 4.91. The normalized spacial score (nSPS) is 15.9. The van der Waals surface area contributed by atoms with E-state index in [1.807, 2.05) is 11.0 Å². The third-order valence-corrected chi connectivity index (χ3v) is 6.69. The van der Waals surface area contributed by atoms with E-state index < -0.39 is 0 Å². The number of piperidine rings is 1. The molecule has 4 rings (SSSR count). The zero-order valence-corrected chi connectivity index (χ0v) is 17.5. The zero-order chi connectivity index (χ0) is 19.9. The average molecular weight is 405 g/mol. The van der Waals surface area contributed by atoms with Gasteiger partial charge in [0.05, 0.1) is 12.6 Å². The molecule has 3 nitrogen and oxygen atoms in total. The number of likely N-dealkylation sites (tertiary alicyclic amines) is 1. The van der Waals surface area contributed by atoms with Gasteiger partial charge in [0.25, 0.3) is 0 Å². The molecule has 1 aromatic heterocycles. The molecule has 1 aliphatic rings. The van der Waals surface area contributed by atoms with E-state index in [2.05, 4.69) is 77.4 Å². The molecule has 29 heavy (non-hydrogen) atoms. The summed E-state index contributed by atoms with van der Waals surface area (Å²) in [5.41, 5.74) is 2.60. The molecule has 1 amide bonds. The van der Waals surface area contributed by atoms with Crippen molar-refractivity contribution in [3.8, 4) is 0 Å². The van der Waals surface area contributed by atoms with Crippen LogP contribution in [0.4, 0.5) is 0 Å². The monoisotopic (exact) mass is 404 g/mol. The quantitative estimate of drug-likeness (QED) is 0.607. The maximum atomic E-state index is 12.8. The first-order valence-corrected chi connectivity index (χ1v) is 11.3. The van der Waals surface area contributed by atoms with Crippen LogP contribution in [0.15, 0.2) is 78.2 Å². The molecule has 4 heteroatoms. The lowest BCUT2D eigenvalue weighted by atomic mass is 9.90. The molecular formula is C25H28N2OS. The van der Waals surface area contributed by atoms with E-state index in [4.69, 9.17) is 0 Å². The molecule has 3 aromatic rings. The lowest BCUT2D eigenvalue weighted by Crippen LogP contribution is -2.43. The summed E-state index contributed by atoms with van der Waals surface area (Å²) in [5.74, 6) is 0.887. The van der Waals surface area contributed by atoms with Crippen LogP contribution in [0.5, 0.6) is 0 Å². The third-order valence-electron chi connectivity index (χ3n) is 5.75. The molecule has 150 valence electrons. The summed E-state index contributed by atoms with van der Waals surface area (Å²) in [5, 5.41) is 5.60. The van der Waals surface area contributed by atoms with Gasteiger partial charge in [-0.2, -0.15) is 0 Å². The van der Waals surface area contributed by atoms with Crippen molar-refractivity contribution in [2.45, 2.75) is 25.3 Å². The van der Waals surface area contributed by atoms with Gasteiger partial charge in [0.15, 0.2) is 0 Å². The summed E-state index contributed by atoms with van der Waals surface area (Å²) in [7, 11) is 0. The first-order valence-electron chi connectivity index (χ1n) is 10.4. The maximum Gasteiger partial charge on any atom is 0.236 e. The van der Waals surface area contributed by atoms with Crippen LogP contribution in [-0.2, 0) is 11.2 Å². The van der Waals surface area contributed by atoms with Gasteiger partial charge in [-0.25, -0.2) is 0 Å². The van der Waals surface area contributed by atoms with Crippen LogP contribution < -0.4 is 5.32 Å². The number of nitrogens with zero attached hydrogens (tertiary/aromatic N) is 1. The highest BCUT2D eigenvalue weighted by Crippen LogP contribution is 2.26. The summed E-state index contributed by atoms with van der Waals surface area (Å²) < 4.78 is 0. The van der Waals surface area contributed by atoms with Crippen LogP contribution in [0.1, 0.15) is 34.9 Å². The van der Waals surface area contributed by atoms with Crippen LogP contribution >= 0.6 is 11.3 Å². The molecule has 0 radical (unpaired) electrons. The van der Waals surface area contributed by atoms with Gasteiger partial charge in [-0.05, 0) is 47.8 Å². The second-order valence-electron chi connectivity index (χ2n) is 7.75. The van der Waals surface area contributed by atoms with Gasteiger partial charge in [0.2, 0.25) is 5.91 Å². The number of amides is 1. The SMILES string of the molecule is O=C(CN[C@@H](c1ccccc1)c1cccs1)N1CCC(Cc2ccccc2)CC1. The Bertz CT molecular complexity index is 872. The molecule has 1 fully saturated rings. The molecule has 2 heterocycles. The Morgan fingerprint density at radius 2 is 1.66 bits per heavy atom. The summed E-state index contributed by atoms with van der Waals surface area (Å²) in [6, 6.07) is 25.3. The molecule has 1 aliphatic heterocycles. The van der Waals surface area contributed by atoms with Gasteiger partial charge in [-0.15, -0.1) is 11.3 Å². The first kappa shape index (κ1) is 19.9. The fraction of sp³-hybridized carbons (Fsp3) is 0.320. The first-order chi connectivity index (χ1) is 14.3. The van der Waals surface area contributed by atoms with Crippen LogP contribution in [0, 0.1) is 5.92 Å². The Kier molecular flexibility index (Phi) is 6.75. The van der Waals surface area contributed by atoms with Crippen LogP contribution in [-0.4, -0.2) is 30.4 Å². The fourth-order valence-electron chi connectivity index (χ4n) is 4.12. The smallest absolute Gasteiger partial charge is 0.236 e. The van der Waals surface area contributed by atoms with Crippen molar-refractivity contribution >= 4 is 17.2 Å². The highest BCUT2D eigenvalue weighted by Gasteiger charge is 2.24. The van der Waals surface area contributed by atoms with Gasteiger partial charge >= 0.3 is 0 Å². The minimum atomic E-state index is 0.0655. The number of rotatable bonds is 7. The number of hydrogen-bond acceptors (Lipinski definition) is 3. The van der Waals surface area contributed by atoms with Gasteiger partial charge in [0.1, 0.15) is 0 Å². The van der Waals surface area contributed by atoms with E-state index >= 15 is 0 Å². The minimum absolute atomic E-state index is 0.0655. The Balaban J connectivity index is 1.30. The number of nitrogens with one attached hydrogen (secondary N) is 1. The maximum absolute atomic E-state index is 12.8. The van der Waals surface area contributed by atoms with Crippen molar-refractivity contribution in [3.63, 3.8) is 0 Å². The summed E-state index contributed by atoms with van der Waals surface area (Å²) in [6.07, 6.45) is 3.30. The van der Waals surface area contributed by atoms with Crippen molar-refractivity contribution in [2.75, 3.05) is 19.6 Å². The molecular weight excluding hydrogens is 376 g/mol. The predicted molar refractivity (Wildman–Crippen MR) is 120 cm³/mol. The van der Waals surface area contributed by atoms with Crippen molar-refractivity contribution in [3.05, 3.63) is 94.2 Å². The number of benzene rings is 2. The number of carbonyl (C=O) groups excluding carboxylic acids is 1. The minimum Gasteiger partial charge on any atom is -0.342 e. The average Bonchev–Trinajstić information content (AvgIpc) is 3.30. The van der Waals surface area contributed by atoms with Crippen molar-refractivity contribution < 1.29 is 4.79 Å². The van der Waals surface area contributed by atoms with Crippen molar-refractivity contribution in [1.82, 2.24) is 10.2 Å². The van der Waals surface area contributed by atoms with E-state index in [9.17, 15) is 4.79 Å². The van der Waals surface area contributed by atoms with E-state index in [1.165, 1.54) is 16.0 Å². The summed E-state index contributed by atoms with van der Waals surface area (Å²) in [6.45, 7) is 2.11. The van der Waals surface area contributed by atoms with Crippen LogP contribution in [0.3, 0.4) is 0 Å². The van der Waals surface area contributed by atoms with Crippen LogP contribution in [0.25, 0.3) is 0 Å². The van der Waals surface area contributed by atoms with Gasteiger partial charge in [-0.3, -0.25) is 10.1 Å². The number of carbonyl (C=O) groups is 1. The molecule has 0 spiro atoms. The third kappa shape index (κ3) is 5.34. The molecule has 0 saturated carbocycles. The Labute approximate surface area is 177 Å².